The number of carboxylic acids is 1. The van der Waals surface area contributed by atoms with Crippen LogP contribution in [0.15, 0.2) is 12.2 Å². The van der Waals surface area contributed by atoms with Crippen molar-refractivity contribution in [1.29, 1.82) is 0 Å². The molecule has 7 nitrogen and oxygen atoms in total. The third-order valence-electron chi connectivity index (χ3n) is 8.26. The predicted octanol–water partition coefficient (Wildman–Crippen LogP) is 6.12. The molecule has 228 valence electrons. The molecular formula is C32H61N3O4. The number of amides is 2. The number of allylic oxidation sites excluding steroid dienone is 2. The number of likely N-dealkylation sites (N-methyl/N-ethyl adjacent to an activating group) is 1. The molecule has 0 aliphatic rings. The van der Waals surface area contributed by atoms with E-state index >= 15 is 0 Å². The van der Waals surface area contributed by atoms with Gasteiger partial charge in [0.2, 0.25) is 18.5 Å². The number of hydrogen-bond acceptors (Lipinski definition) is 4. The van der Waals surface area contributed by atoms with Gasteiger partial charge in [-0.05, 0) is 38.5 Å². The van der Waals surface area contributed by atoms with Crippen LogP contribution in [0.1, 0.15) is 149 Å². The SMILES string of the molecule is CCCCCCCC/C=C\CCCCCCCCCCCCC(NC=O)[N+](C)(C)C(CCC)(NC=O)C(=O)[O-]. The van der Waals surface area contributed by atoms with Gasteiger partial charge in [0, 0.05) is 12.8 Å². The summed E-state index contributed by atoms with van der Waals surface area (Å²) in [5.41, 5.74) is -1.60. The molecule has 0 radical (unpaired) electrons. The van der Waals surface area contributed by atoms with Crippen LogP contribution >= 0.6 is 0 Å². The van der Waals surface area contributed by atoms with Gasteiger partial charge in [-0.2, -0.15) is 0 Å². The number of carbonyl (C=O) groups excluding carboxylic acids is 3. The summed E-state index contributed by atoms with van der Waals surface area (Å²) >= 11 is 0. The molecule has 2 N–H and O–H groups in total. The number of nitrogens with one attached hydrogen (secondary N) is 2. The third-order valence-corrected chi connectivity index (χ3v) is 8.26. The second kappa shape index (κ2) is 24.0. The Kier molecular flexibility index (Phi) is 22.8. The zero-order valence-electron chi connectivity index (χ0n) is 25.8. The second-order valence-corrected chi connectivity index (χ2v) is 11.6. The van der Waals surface area contributed by atoms with Gasteiger partial charge in [-0.1, -0.05) is 109 Å². The summed E-state index contributed by atoms with van der Waals surface area (Å²) in [6, 6.07) is 0. The number of carbonyl (C=O) groups is 3. The van der Waals surface area contributed by atoms with Gasteiger partial charge in [0.05, 0.1) is 14.1 Å². The van der Waals surface area contributed by atoms with Crippen molar-refractivity contribution in [3.8, 4) is 0 Å². The Labute approximate surface area is 240 Å². The van der Waals surface area contributed by atoms with E-state index in [1.807, 2.05) is 6.92 Å². The molecule has 0 saturated carbocycles. The van der Waals surface area contributed by atoms with Gasteiger partial charge in [0.25, 0.3) is 0 Å². The van der Waals surface area contributed by atoms with E-state index in [9.17, 15) is 19.5 Å². The first-order valence-corrected chi connectivity index (χ1v) is 15.9. The van der Waals surface area contributed by atoms with E-state index in [0.717, 1.165) is 19.3 Å². The van der Waals surface area contributed by atoms with E-state index in [2.05, 4.69) is 29.7 Å². The second-order valence-electron chi connectivity index (χ2n) is 11.6. The molecule has 0 heterocycles. The molecule has 2 unspecified atom stereocenters. The number of aliphatic carboxylic acids is 1. The van der Waals surface area contributed by atoms with Gasteiger partial charge in [-0.3, -0.25) is 14.1 Å². The standard InChI is InChI=1S/C32H61N3O4/c1-5-7-8-9-10-11-12-13-14-15-16-17-18-19-20-21-22-23-24-25-26-30(33-28-36)35(3,4)32(27-6-2,31(38)39)34-29-37/h13-14,28-30H,5-12,15-27H2,1-4H3,(H2-,33,34,36,37,38,39)/b14-13-. The average Bonchev–Trinajstić information content (AvgIpc) is 2.90. The van der Waals surface area contributed by atoms with Crippen LogP contribution in [0.3, 0.4) is 0 Å². The molecule has 0 aromatic heterocycles. The van der Waals surface area contributed by atoms with Crippen LogP contribution in [-0.2, 0) is 14.4 Å². The summed E-state index contributed by atoms with van der Waals surface area (Å²) in [6.45, 7) is 4.13. The highest BCUT2D eigenvalue weighted by Gasteiger charge is 2.50. The van der Waals surface area contributed by atoms with Crippen LogP contribution in [-0.4, -0.2) is 49.2 Å². The number of quaternary nitrogens is 1. The third kappa shape index (κ3) is 15.5. The van der Waals surface area contributed by atoms with E-state index < -0.39 is 17.8 Å². The Hall–Kier alpha value is -1.89. The van der Waals surface area contributed by atoms with Gasteiger partial charge in [-0.15, -0.1) is 0 Å². The molecule has 0 aliphatic carbocycles. The fourth-order valence-corrected chi connectivity index (χ4v) is 5.61. The highest BCUT2D eigenvalue weighted by molar-refractivity contribution is 5.77. The van der Waals surface area contributed by atoms with Crippen molar-refractivity contribution in [1.82, 2.24) is 10.6 Å². The lowest BCUT2D eigenvalue weighted by Gasteiger charge is -2.52. The monoisotopic (exact) mass is 551 g/mol. The quantitative estimate of drug-likeness (QED) is 0.0385. The largest absolute Gasteiger partial charge is 0.542 e. The van der Waals surface area contributed by atoms with Crippen molar-refractivity contribution in [3.05, 3.63) is 12.2 Å². The molecule has 2 amide bonds. The number of nitrogens with zero attached hydrogens (tertiary/aromatic N) is 1. The Morgan fingerprint density at radius 2 is 1.18 bits per heavy atom. The summed E-state index contributed by atoms with van der Waals surface area (Å²) in [7, 11) is 3.46. The van der Waals surface area contributed by atoms with Crippen LogP contribution in [0.25, 0.3) is 0 Å². The van der Waals surface area contributed by atoms with E-state index in [-0.39, 0.29) is 10.9 Å². The maximum atomic E-state index is 12.1. The van der Waals surface area contributed by atoms with Crippen molar-refractivity contribution in [2.45, 2.75) is 161 Å². The average molecular weight is 552 g/mol. The summed E-state index contributed by atoms with van der Waals surface area (Å²) in [5.74, 6) is -1.33. The van der Waals surface area contributed by atoms with Crippen LogP contribution in [0, 0.1) is 0 Å². The summed E-state index contributed by atoms with van der Waals surface area (Å²) in [4.78, 5) is 34.7. The Bertz CT molecular complexity index is 653. The highest BCUT2D eigenvalue weighted by atomic mass is 16.4. The molecule has 0 aliphatic heterocycles. The molecule has 0 bridgehead atoms. The van der Waals surface area contributed by atoms with E-state index in [0.29, 0.717) is 25.7 Å². The molecule has 0 rings (SSSR count). The Morgan fingerprint density at radius 1 is 0.718 bits per heavy atom. The predicted molar refractivity (Wildman–Crippen MR) is 159 cm³/mol. The zero-order valence-corrected chi connectivity index (χ0v) is 25.8. The van der Waals surface area contributed by atoms with Crippen molar-refractivity contribution in [2.24, 2.45) is 0 Å². The fraction of sp³-hybridized carbons (Fsp3) is 0.844. The van der Waals surface area contributed by atoms with Crippen molar-refractivity contribution in [2.75, 3.05) is 14.1 Å². The lowest BCUT2D eigenvalue weighted by Crippen LogP contribution is -2.78. The van der Waals surface area contributed by atoms with Crippen LogP contribution in [0.2, 0.25) is 0 Å². The molecule has 0 spiro atoms. The summed E-state index contributed by atoms with van der Waals surface area (Å²) in [5, 5.41) is 17.5. The van der Waals surface area contributed by atoms with Gasteiger partial charge >= 0.3 is 0 Å². The lowest BCUT2D eigenvalue weighted by atomic mass is 9.97. The summed E-state index contributed by atoms with van der Waals surface area (Å²) in [6.07, 6.45) is 29.5. The first-order chi connectivity index (χ1) is 18.8. The van der Waals surface area contributed by atoms with Crippen molar-refractivity contribution in [3.63, 3.8) is 0 Å². The van der Waals surface area contributed by atoms with Crippen LogP contribution in [0.4, 0.5) is 0 Å². The molecular weight excluding hydrogens is 490 g/mol. The molecule has 2 atom stereocenters. The molecule has 7 heteroatoms. The van der Waals surface area contributed by atoms with E-state index in [4.69, 9.17) is 0 Å². The van der Waals surface area contributed by atoms with E-state index in [1.54, 1.807) is 14.1 Å². The van der Waals surface area contributed by atoms with Gasteiger partial charge in [0.1, 0.15) is 5.97 Å². The lowest BCUT2D eigenvalue weighted by molar-refractivity contribution is -0.962. The minimum Gasteiger partial charge on any atom is -0.542 e. The fourth-order valence-electron chi connectivity index (χ4n) is 5.61. The highest BCUT2D eigenvalue weighted by Crippen LogP contribution is 2.28. The van der Waals surface area contributed by atoms with Gasteiger partial charge in [0.15, 0.2) is 6.17 Å². The number of unbranched alkanes of at least 4 members (excludes halogenated alkanes) is 16. The maximum absolute atomic E-state index is 12.1. The van der Waals surface area contributed by atoms with Crippen molar-refractivity contribution >= 4 is 18.8 Å². The van der Waals surface area contributed by atoms with Gasteiger partial charge < -0.3 is 20.5 Å². The van der Waals surface area contributed by atoms with Gasteiger partial charge in [-0.25, -0.2) is 0 Å². The molecule has 0 aromatic rings. The van der Waals surface area contributed by atoms with E-state index in [1.165, 1.54) is 96.3 Å². The number of hydrogen-bond donors (Lipinski definition) is 2. The summed E-state index contributed by atoms with van der Waals surface area (Å²) < 4.78 is -0.102. The first-order valence-electron chi connectivity index (χ1n) is 15.9. The number of carboxylic acid groups (broad SMARTS) is 1. The zero-order chi connectivity index (χ0) is 29.2. The van der Waals surface area contributed by atoms with Crippen molar-refractivity contribution < 1.29 is 24.0 Å². The molecule has 39 heavy (non-hydrogen) atoms. The Balaban J connectivity index is 4.04. The maximum Gasteiger partial charge on any atom is 0.216 e. The molecule has 0 aromatic carbocycles. The topological polar surface area (TPSA) is 98.3 Å². The Morgan fingerprint density at radius 3 is 1.59 bits per heavy atom. The minimum absolute atomic E-state index is 0.102. The smallest absolute Gasteiger partial charge is 0.216 e. The van der Waals surface area contributed by atoms with Crippen LogP contribution in [0.5, 0.6) is 0 Å². The molecule has 0 saturated heterocycles. The van der Waals surface area contributed by atoms with Crippen LogP contribution < -0.4 is 15.7 Å². The normalized spacial score (nSPS) is 14.2. The number of rotatable bonds is 29. The molecule has 0 fully saturated rings. The first kappa shape index (κ1) is 37.1. The minimum atomic E-state index is -1.60.